The summed E-state index contributed by atoms with van der Waals surface area (Å²) in [6.07, 6.45) is 0. The summed E-state index contributed by atoms with van der Waals surface area (Å²) in [5.74, 6) is 0. The molecule has 0 unspecified atom stereocenters. The lowest BCUT2D eigenvalue weighted by Gasteiger charge is -2.16. The van der Waals surface area contributed by atoms with Crippen molar-refractivity contribution in [1.82, 2.24) is 0 Å². The summed E-state index contributed by atoms with van der Waals surface area (Å²) in [4.78, 5) is 0. The molecule has 0 aliphatic heterocycles. The van der Waals surface area contributed by atoms with Gasteiger partial charge >= 0.3 is 0 Å². The lowest BCUT2D eigenvalue weighted by atomic mass is 9.88. The molecule has 0 amide bonds. The van der Waals surface area contributed by atoms with Crippen LogP contribution in [0.2, 0.25) is 20.1 Å². The highest BCUT2D eigenvalue weighted by molar-refractivity contribution is 6.35. The van der Waals surface area contributed by atoms with Crippen LogP contribution in [0.4, 0.5) is 0 Å². The van der Waals surface area contributed by atoms with E-state index in [1.54, 1.807) is 12.1 Å². The first-order valence-electron chi connectivity index (χ1n) is 11.4. The van der Waals surface area contributed by atoms with Gasteiger partial charge in [-0.15, -0.1) is 0 Å². The van der Waals surface area contributed by atoms with Crippen molar-refractivity contribution in [2.45, 2.75) is 0 Å². The third kappa shape index (κ3) is 4.25. The highest BCUT2D eigenvalue weighted by atomic mass is 35.5. The van der Waals surface area contributed by atoms with E-state index in [0.29, 0.717) is 20.1 Å². The molecule has 0 spiro atoms. The Kier molecular flexibility index (Phi) is 6.15. The predicted octanol–water partition coefficient (Wildman–Crippen LogP) is 11.6. The Hall–Kier alpha value is -3.00. The molecular weight excluding hydrogens is 526 g/mol. The zero-order valence-electron chi connectivity index (χ0n) is 18.9. The van der Waals surface area contributed by atoms with Crippen LogP contribution in [-0.2, 0) is 0 Å². The van der Waals surface area contributed by atoms with Gasteiger partial charge in [-0.2, -0.15) is 0 Å². The molecule has 6 rings (SSSR count). The van der Waals surface area contributed by atoms with E-state index < -0.39 is 0 Å². The van der Waals surface area contributed by atoms with Crippen molar-refractivity contribution in [3.8, 4) is 33.4 Å². The number of rotatable bonds is 3. The highest BCUT2D eigenvalue weighted by Gasteiger charge is 2.15. The Bertz CT molecular complexity index is 1610. The number of hydrogen-bond acceptors (Lipinski definition) is 0. The summed E-state index contributed by atoms with van der Waals surface area (Å²) < 4.78 is 0. The van der Waals surface area contributed by atoms with Gasteiger partial charge in [0, 0.05) is 20.1 Å². The Morgan fingerprint density at radius 2 is 0.583 bits per heavy atom. The average Bonchev–Trinajstić information content (AvgIpc) is 2.86. The zero-order chi connectivity index (χ0) is 24.8. The van der Waals surface area contributed by atoms with E-state index in [-0.39, 0.29) is 0 Å². The van der Waals surface area contributed by atoms with Crippen LogP contribution < -0.4 is 0 Å². The van der Waals surface area contributed by atoms with Gasteiger partial charge in [0.15, 0.2) is 0 Å². The van der Waals surface area contributed by atoms with Gasteiger partial charge in [-0.05, 0) is 91.3 Å². The molecule has 4 heteroatoms. The molecule has 0 saturated heterocycles. The predicted molar refractivity (Wildman–Crippen MR) is 158 cm³/mol. The van der Waals surface area contributed by atoms with Crippen molar-refractivity contribution in [3.05, 3.63) is 129 Å². The van der Waals surface area contributed by atoms with Gasteiger partial charge in [-0.1, -0.05) is 119 Å². The van der Waals surface area contributed by atoms with Gasteiger partial charge in [-0.25, -0.2) is 0 Å². The van der Waals surface area contributed by atoms with E-state index in [0.717, 1.165) is 54.9 Å². The number of halogens is 4. The van der Waals surface area contributed by atoms with E-state index in [1.807, 2.05) is 24.3 Å². The van der Waals surface area contributed by atoms with E-state index in [2.05, 4.69) is 72.8 Å². The van der Waals surface area contributed by atoms with E-state index in [1.165, 1.54) is 0 Å². The van der Waals surface area contributed by atoms with Crippen LogP contribution in [0.3, 0.4) is 0 Å². The molecule has 36 heavy (non-hydrogen) atoms. The van der Waals surface area contributed by atoms with Crippen molar-refractivity contribution in [3.63, 3.8) is 0 Å². The summed E-state index contributed by atoms with van der Waals surface area (Å²) in [7, 11) is 0. The van der Waals surface area contributed by atoms with E-state index in [4.69, 9.17) is 46.4 Å². The molecule has 6 aromatic carbocycles. The zero-order valence-corrected chi connectivity index (χ0v) is 21.9. The monoisotopic (exact) mass is 542 g/mol. The topological polar surface area (TPSA) is 0 Å². The van der Waals surface area contributed by atoms with Gasteiger partial charge in [0.2, 0.25) is 0 Å². The molecule has 174 valence electrons. The maximum absolute atomic E-state index is 6.33. The van der Waals surface area contributed by atoms with Gasteiger partial charge in [-0.3, -0.25) is 0 Å². The summed E-state index contributed by atoms with van der Waals surface area (Å²) in [5, 5.41) is 7.08. The van der Waals surface area contributed by atoms with Crippen LogP contribution in [0, 0.1) is 0 Å². The van der Waals surface area contributed by atoms with Crippen molar-refractivity contribution >= 4 is 67.9 Å². The number of hydrogen-bond donors (Lipinski definition) is 0. The second-order valence-electron chi connectivity index (χ2n) is 8.73. The van der Waals surface area contributed by atoms with Crippen LogP contribution in [-0.4, -0.2) is 0 Å². The Balaban J connectivity index is 1.60. The number of fused-ring (bicyclic) bond motifs is 2. The quantitative estimate of drug-likeness (QED) is 0.208. The van der Waals surface area contributed by atoms with Gasteiger partial charge in [0.1, 0.15) is 0 Å². The normalized spacial score (nSPS) is 11.3. The van der Waals surface area contributed by atoms with Crippen molar-refractivity contribution in [2.24, 2.45) is 0 Å². The van der Waals surface area contributed by atoms with Crippen molar-refractivity contribution in [2.75, 3.05) is 0 Å². The largest absolute Gasteiger partial charge is 0.0843 e. The van der Waals surface area contributed by atoms with E-state index >= 15 is 0 Å². The molecule has 0 fully saturated rings. The fourth-order valence-electron chi connectivity index (χ4n) is 4.99. The highest BCUT2D eigenvalue weighted by Crippen LogP contribution is 2.42. The van der Waals surface area contributed by atoms with E-state index in [9.17, 15) is 0 Å². The Morgan fingerprint density at radius 1 is 0.306 bits per heavy atom. The van der Waals surface area contributed by atoms with Crippen molar-refractivity contribution in [1.29, 1.82) is 0 Å². The standard InChI is InChI=1S/C32H18Cl4/c33-21-13-19(14-22(34)17-21)25-9-11-31(29-7-3-1-5-27(25)29)32-12-10-26(28-6-2-4-8-30(28)32)20-15-23(35)18-24(36)16-20/h1-18H. The minimum Gasteiger partial charge on any atom is -0.0843 e. The second-order valence-corrected chi connectivity index (χ2v) is 10.5. The third-order valence-corrected chi connectivity index (χ3v) is 7.36. The van der Waals surface area contributed by atoms with Crippen LogP contribution in [0.5, 0.6) is 0 Å². The number of benzene rings is 6. The van der Waals surface area contributed by atoms with Crippen LogP contribution in [0.25, 0.3) is 54.9 Å². The molecule has 6 aromatic rings. The minimum atomic E-state index is 0.619. The summed E-state index contributed by atoms with van der Waals surface area (Å²) >= 11 is 25.3. The van der Waals surface area contributed by atoms with Crippen molar-refractivity contribution < 1.29 is 0 Å². The molecule has 0 bridgehead atoms. The fourth-order valence-corrected chi connectivity index (χ4v) is 6.04. The summed E-state index contributed by atoms with van der Waals surface area (Å²) in [6, 6.07) is 36.9. The molecule has 0 saturated carbocycles. The molecular formula is C32H18Cl4. The average molecular weight is 544 g/mol. The first-order valence-corrected chi connectivity index (χ1v) is 13.0. The van der Waals surface area contributed by atoms with Gasteiger partial charge < -0.3 is 0 Å². The van der Waals surface area contributed by atoms with Gasteiger partial charge in [0.05, 0.1) is 0 Å². The molecule has 0 aliphatic rings. The summed E-state index contributed by atoms with van der Waals surface area (Å²) in [6.45, 7) is 0. The van der Waals surface area contributed by atoms with Crippen LogP contribution in [0.15, 0.2) is 109 Å². The molecule has 0 aromatic heterocycles. The SMILES string of the molecule is Clc1cc(Cl)cc(-c2ccc(-c3ccc(-c4cc(Cl)cc(Cl)c4)c4ccccc34)c3ccccc23)c1. The molecule has 0 atom stereocenters. The second kappa shape index (κ2) is 9.47. The first-order chi connectivity index (χ1) is 17.5. The molecule has 0 N–H and O–H groups in total. The lowest BCUT2D eigenvalue weighted by Crippen LogP contribution is -1.89. The molecule has 0 nitrogen and oxygen atoms in total. The molecule has 0 radical (unpaired) electrons. The maximum Gasteiger partial charge on any atom is 0.0426 e. The summed E-state index contributed by atoms with van der Waals surface area (Å²) in [5.41, 5.74) is 6.49. The van der Waals surface area contributed by atoms with Gasteiger partial charge in [0.25, 0.3) is 0 Å². The Morgan fingerprint density at radius 3 is 0.917 bits per heavy atom. The third-order valence-electron chi connectivity index (χ3n) is 6.49. The Labute approximate surface area is 229 Å². The van der Waals surface area contributed by atoms with Crippen LogP contribution in [0.1, 0.15) is 0 Å². The fraction of sp³-hybridized carbons (Fsp3) is 0. The smallest absolute Gasteiger partial charge is 0.0426 e. The molecule has 0 aliphatic carbocycles. The van der Waals surface area contributed by atoms with Crippen LogP contribution >= 0.6 is 46.4 Å². The first kappa shape index (κ1) is 23.4. The lowest BCUT2D eigenvalue weighted by molar-refractivity contribution is 1.62. The minimum absolute atomic E-state index is 0.619. The maximum atomic E-state index is 6.33. The molecule has 0 heterocycles.